The van der Waals surface area contributed by atoms with Gasteiger partial charge in [0.1, 0.15) is 22.4 Å². The molecule has 4 rings (SSSR count). The number of primary amides is 1. The van der Waals surface area contributed by atoms with E-state index < -0.39 is 11.9 Å². The van der Waals surface area contributed by atoms with Crippen LogP contribution in [0.15, 0.2) is 29.1 Å². The average molecular weight is 426 g/mol. The number of ether oxygens (including phenoxy) is 1. The van der Waals surface area contributed by atoms with Crippen molar-refractivity contribution in [3.05, 3.63) is 56.4 Å². The molecular weight excluding hydrogens is 398 g/mol. The van der Waals surface area contributed by atoms with E-state index in [0.717, 1.165) is 41.0 Å². The van der Waals surface area contributed by atoms with E-state index in [0.29, 0.717) is 30.0 Å². The lowest BCUT2D eigenvalue weighted by Gasteiger charge is -2.20. The molecule has 2 N–H and O–H groups in total. The van der Waals surface area contributed by atoms with Gasteiger partial charge in [-0.1, -0.05) is 32.0 Å². The maximum Gasteiger partial charge on any atom is 0.263 e. The highest BCUT2D eigenvalue weighted by atomic mass is 32.1. The van der Waals surface area contributed by atoms with Crippen molar-refractivity contribution < 1.29 is 9.53 Å². The molecule has 1 amide bonds. The first-order chi connectivity index (χ1) is 14.4. The molecule has 0 aliphatic heterocycles. The average Bonchev–Trinajstić information content (AvgIpc) is 3.08. The fourth-order valence-corrected chi connectivity index (χ4v) is 5.81. The van der Waals surface area contributed by atoms with Gasteiger partial charge >= 0.3 is 0 Å². The van der Waals surface area contributed by atoms with Crippen LogP contribution in [0.1, 0.15) is 54.6 Å². The molecule has 3 aromatic rings. The molecule has 1 aromatic carbocycles. The molecule has 2 atom stereocenters. The van der Waals surface area contributed by atoms with Crippen molar-refractivity contribution in [3.63, 3.8) is 0 Å². The van der Waals surface area contributed by atoms with Gasteiger partial charge in [-0.05, 0) is 43.2 Å². The minimum Gasteiger partial charge on any atom is -0.496 e. The number of hydrogen-bond acceptors (Lipinski definition) is 5. The second-order valence-corrected chi connectivity index (χ2v) is 9.13. The number of amides is 1. The van der Waals surface area contributed by atoms with Crippen LogP contribution in [0, 0.1) is 5.92 Å². The van der Waals surface area contributed by atoms with Crippen molar-refractivity contribution in [2.75, 3.05) is 7.11 Å². The normalized spacial score (nSPS) is 17.0. The Morgan fingerprint density at radius 3 is 2.87 bits per heavy atom. The third kappa shape index (κ3) is 3.51. The smallest absolute Gasteiger partial charge is 0.263 e. The number of rotatable bonds is 6. The van der Waals surface area contributed by atoms with E-state index in [9.17, 15) is 9.59 Å². The zero-order valence-electron chi connectivity index (χ0n) is 17.6. The number of fused-ring (bicyclic) bond motifs is 3. The second kappa shape index (κ2) is 8.22. The number of thiophene rings is 1. The molecular formula is C23H27N3O3S. The molecule has 158 valence electrons. The van der Waals surface area contributed by atoms with Gasteiger partial charge < -0.3 is 10.5 Å². The monoisotopic (exact) mass is 425 g/mol. The lowest BCUT2D eigenvalue weighted by Crippen LogP contribution is -2.36. The molecule has 0 saturated carbocycles. The summed E-state index contributed by atoms with van der Waals surface area (Å²) in [6.07, 6.45) is 3.74. The first-order valence-corrected chi connectivity index (χ1v) is 11.2. The van der Waals surface area contributed by atoms with Crippen molar-refractivity contribution in [2.45, 2.75) is 52.0 Å². The van der Waals surface area contributed by atoms with E-state index in [1.54, 1.807) is 18.4 Å². The first kappa shape index (κ1) is 20.6. The molecule has 0 fully saturated rings. The number of nitrogens with two attached hydrogens (primary N) is 1. The summed E-state index contributed by atoms with van der Waals surface area (Å²) in [5, 5.41) is 0.672. The fourth-order valence-electron chi connectivity index (χ4n) is 4.42. The van der Waals surface area contributed by atoms with Crippen LogP contribution in [0.3, 0.4) is 0 Å². The Morgan fingerprint density at radius 2 is 2.17 bits per heavy atom. The fraction of sp³-hybridized carbons (Fsp3) is 0.435. The number of nitrogens with zero attached hydrogens (tertiary/aromatic N) is 2. The van der Waals surface area contributed by atoms with Crippen LogP contribution >= 0.6 is 11.3 Å². The summed E-state index contributed by atoms with van der Waals surface area (Å²) in [5.41, 5.74) is 7.57. The number of para-hydroxylation sites is 1. The van der Waals surface area contributed by atoms with Crippen LogP contribution in [-0.4, -0.2) is 22.6 Å². The summed E-state index contributed by atoms with van der Waals surface area (Å²) in [6, 6.07) is 6.93. The zero-order valence-corrected chi connectivity index (χ0v) is 18.4. The molecule has 0 spiro atoms. The number of carbonyl (C=O) groups is 1. The number of aromatic nitrogens is 2. The minimum atomic E-state index is -0.725. The summed E-state index contributed by atoms with van der Waals surface area (Å²) in [7, 11) is 1.62. The Kier molecular flexibility index (Phi) is 5.64. The quantitative estimate of drug-likeness (QED) is 0.653. The maximum atomic E-state index is 13.7. The highest BCUT2D eigenvalue weighted by molar-refractivity contribution is 7.18. The molecule has 30 heavy (non-hydrogen) atoms. The summed E-state index contributed by atoms with van der Waals surface area (Å²) < 4.78 is 7.01. The van der Waals surface area contributed by atoms with E-state index in [-0.39, 0.29) is 5.56 Å². The van der Waals surface area contributed by atoms with Crippen LogP contribution in [-0.2, 0) is 24.1 Å². The van der Waals surface area contributed by atoms with E-state index in [1.807, 2.05) is 31.2 Å². The molecule has 7 heteroatoms. The Balaban J connectivity index is 1.96. The van der Waals surface area contributed by atoms with Crippen LogP contribution in [0.4, 0.5) is 0 Å². The maximum absolute atomic E-state index is 13.7. The summed E-state index contributed by atoms with van der Waals surface area (Å²) >= 11 is 1.62. The number of carbonyl (C=O) groups excluding carboxylic acids is 1. The van der Waals surface area contributed by atoms with Crippen molar-refractivity contribution in [1.82, 2.24) is 9.55 Å². The molecule has 2 aromatic heterocycles. The molecule has 0 bridgehead atoms. The Morgan fingerprint density at radius 1 is 1.40 bits per heavy atom. The highest BCUT2D eigenvalue weighted by Gasteiger charge is 2.28. The third-order valence-corrected chi connectivity index (χ3v) is 7.15. The van der Waals surface area contributed by atoms with Crippen LogP contribution in [0.5, 0.6) is 5.75 Å². The van der Waals surface area contributed by atoms with Gasteiger partial charge in [0.25, 0.3) is 5.56 Å². The number of methoxy groups -OCH3 is 1. The summed E-state index contributed by atoms with van der Waals surface area (Å²) in [5.74, 6) is 1.37. The van der Waals surface area contributed by atoms with Crippen molar-refractivity contribution in [1.29, 1.82) is 0 Å². The van der Waals surface area contributed by atoms with Gasteiger partial charge in [-0.25, -0.2) is 4.98 Å². The molecule has 2 unspecified atom stereocenters. The predicted octanol–water partition coefficient (Wildman–Crippen LogP) is 3.62. The van der Waals surface area contributed by atoms with E-state index in [2.05, 4.69) is 6.92 Å². The van der Waals surface area contributed by atoms with Crippen molar-refractivity contribution >= 4 is 27.5 Å². The first-order valence-electron chi connectivity index (χ1n) is 10.4. The standard InChI is InChI=1S/C23H27N3O3S/c1-4-16(21(24)27)26-19(12-14-7-5-6-8-17(14)29-3)25-22-20(23(26)28)15-10-9-13(2)11-18(15)30-22/h5-8,13,16H,4,9-12H2,1-3H3,(H2,24,27). The van der Waals surface area contributed by atoms with Crippen LogP contribution in [0.25, 0.3) is 10.2 Å². The third-order valence-electron chi connectivity index (χ3n) is 6.00. The molecule has 0 radical (unpaired) electrons. The minimum absolute atomic E-state index is 0.150. The Hall–Kier alpha value is -2.67. The number of hydrogen-bond donors (Lipinski definition) is 1. The molecule has 1 aliphatic rings. The summed E-state index contributed by atoms with van der Waals surface area (Å²) in [6.45, 7) is 4.11. The van der Waals surface area contributed by atoms with Gasteiger partial charge in [-0.15, -0.1) is 11.3 Å². The van der Waals surface area contributed by atoms with Crippen LogP contribution in [0.2, 0.25) is 0 Å². The topological polar surface area (TPSA) is 87.2 Å². The molecule has 1 aliphatic carbocycles. The van der Waals surface area contributed by atoms with Gasteiger partial charge in [-0.3, -0.25) is 14.2 Å². The van der Waals surface area contributed by atoms with Gasteiger partial charge in [0.15, 0.2) is 0 Å². The second-order valence-electron chi connectivity index (χ2n) is 8.05. The van der Waals surface area contributed by atoms with Gasteiger partial charge in [-0.2, -0.15) is 0 Å². The largest absolute Gasteiger partial charge is 0.496 e. The lowest BCUT2D eigenvalue weighted by molar-refractivity contribution is -0.121. The van der Waals surface area contributed by atoms with E-state index in [1.165, 1.54) is 9.44 Å². The van der Waals surface area contributed by atoms with Crippen LogP contribution < -0.4 is 16.0 Å². The lowest BCUT2D eigenvalue weighted by atomic mass is 9.89. The van der Waals surface area contributed by atoms with Gasteiger partial charge in [0.2, 0.25) is 5.91 Å². The predicted molar refractivity (Wildman–Crippen MR) is 119 cm³/mol. The molecule has 2 heterocycles. The Bertz CT molecular complexity index is 1160. The van der Waals surface area contributed by atoms with E-state index in [4.69, 9.17) is 15.5 Å². The van der Waals surface area contributed by atoms with Crippen molar-refractivity contribution in [2.24, 2.45) is 11.7 Å². The number of aryl methyl sites for hydroxylation is 1. The summed E-state index contributed by atoms with van der Waals surface area (Å²) in [4.78, 5) is 32.9. The number of benzene rings is 1. The van der Waals surface area contributed by atoms with E-state index >= 15 is 0 Å². The Labute approximate surface area is 179 Å². The molecule has 6 nitrogen and oxygen atoms in total. The highest BCUT2D eigenvalue weighted by Crippen LogP contribution is 2.36. The SMILES string of the molecule is CCC(C(N)=O)n1c(Cc2ccccc2OC)nc2sc3c(c2c1=O)CCC(C)C3. The molecule has 0 saturated heterocycles. The van der Waals surface area contributed by atoms with Gasteiger partial charge in [0.05, 0.1) is 12.5 Å². The van der Waals surface area contributed by atoms with Crippen molar-refractivity contribution in [3.8, 4) is 5.75 Å². The zero-order chi connectivity index (χ0) is 21.4. The van der Waals surface area contributed by atoms with Gasteiger partial charge in [0, 0.05) is 16.9 Å².